The van der Waals surface area contributed by atoms with Gasteiger partial charge in [-0.25, -0.2) is 0 Å². The number of likely N-dealkylation sites (N-methyl/N-ethyl adjacent to an activating group) is 1. The lowest BCUT2D eigenvalue weighted by molar-refractivity contribution is -0.142. The first-order valence-electron chi connectivity index (χ1n) is 7.23. The van der Waals surface area contributed by atoms with Crippen LogP contribution in [0.1, 0.15) is 42.9 Å². The molecule has 2 aliphatic rings. The second-order valence-electron chi connectivity index (χ2n) is 5.56. The minimum Gasteiger partial charge on any atom is -0.368 e. The molecule has 0 spiro atoms. The van der Waals surface area contributed by atoms with Crippen molar-refractivity contribution in [3.63, 3.8) is 0 Å². The first-order valence-corrected chi connectivity index (χ1v) is 7.23. The minimum atomic E-state index is -0.209. The Morgan fingerprint density at radius 2 is 2.11 bits per heavy atom. The Morgan fingerprint density at radius 1 is 1.26 bits per heavy atom. The van der Waals surface area contributed by atoms with Gasteiger partial charge in [-0.3, -0.25) is 4.79 Å². The van der Waals surface area contributed by atoms with E-state index >= 15 is 0 Å². The molecule has 1 fully saturated rings. The van der Waals surface area contributed by atoms with Gasteiger partial charge in [0.15, 0.2) is 0 Å². The van der Waals surface area contributed by atoms with Gasteiger partial charge >= 0.3 is 0 Å². The quantitative estimate of drug-likeness (QED) is 0.817. The number of rotatable bonds is 2. The van der Waals surface area contributed by atoms with E-state index in [0.29, 0.717) is 0 Å². The maximum absolute atomic E-state index is 12.5. The van der Waals surface area contributed by atoms with E-state index < -0.39 is 0 Å². The fourth-order valence-electron chi connectivity index (χ4n) is 3.28. The van der Waals surface area contributed by atoms with Crippen LogP contribution in [0.3, 0.4) is 0 Å². The summed E-state index contributed by atoms with van der Waals surface area (Å²) in [4.78, 5) is 14.4. The Hall–Kier alpha value is -1.35. The molecule has 2 unspecified atom stereocenters. The molecule has 1 aliphatic heterocycles. The summed E-state index contributed by atoms with van der Waals surface area (Å²) in [5.41, 5.74) is 2.72. The molecular weight excluding hydrogens is 238 g/mol. The van der Waals surface area contributed by atoms with Crippen LogP contribution in [0.15, 0.2) is 24.3 Å². The molecule has 1 aromatic rings. The summed E-state index contributed by atoms with van der Waals surface area (Å²) in [6.45, 7) is 0.728. The van der Waals surface area contributed by atoms with Crippen molar-refractivity contribution in [2.45, 2.75) is 44.2 Å². The normalized spacial score (nSPS) is 25.9. The van der Waals surface area contributed by atoms with Crippen molar-refractivity contribution in [1.29, 1.82) is 0 Å². The van der Waals surface area contributed by atoms with Crippen LogP contribution >= 0.6 is 0 Å². The number of amides is 1. The van der Waals surface area contributed by atoms with Crippen molar-refractivity contribution in [3.05, 3.63) is 35.4 Å². The molecule has 2 atom stereocenters. The van der Waals surface area contributed by atoms with Crippen LogP contribution < -0.4 is 0 Å². The number of nitrogens with zero attached hydrogens (tertiary/aromatic N) is 1. The second-order valence-corrected chi connectivity index (χ2v) is 5.56. The van der Waals surface area contributed by atoms with Crippen LogP contribution in [0.4, 0.5) is 0 Å². The molecule has 1 aliphatic carbocycles. The van der Waals surface area contributed by atoms with Crippen molar-refractivity contribution in [1.82, 2.24) is 4.90 Å². The summed E-state index contributed by atoms with van der Waals surface area (Å²) < 4.78 is 5.52. The number of benzene rings is 1. The monoisotopic (exact) mass is 259 g/mol. The van der Waals surface area contributed by atoms with Crippen molar-refractivity contribution in [3.8, 4) is 0 Å². The van der Waals surface area contributed by atoms with E-state index in [2.05, 4.69) is 24.3 Å². The molecule has 1 amide bonds. The van der Waals surface area contributed by atoms with Gasteiger partial charge in [0.05, 0.1) is 6.04 Å². The fourth-order valence-corrected chi connectivity index (χ4v) is 3.28. The number of aryl methyl sites for hydroxylation is 1. The standard InChI is InChI=1S/C16H21NO2/c1-17(16(18)15-10-5-11-19-15)14-9-4-7-12-6-2-3-8-13(12)14/h2-3,6,8,14-15H,4-5,7,9-11H2,1H3. The third kappa shape index (κ3) is 2.39. The third-order valence-electron chi connectivity index (χ3n) is 4.36. The van der Waals surface area contributed by atoms with Gasteiger partial charge in [-0.05, 0) is 43.2 Å². The van der Waals surface area contributed by atoms with Gasteiger partial charge in [0.1, 0.15) is 6.10 Å². The molecule has 1 saturated heterocycles. The minimum absolute atomic E-state index is 0.152. The Balaban J connectivity index is 1.80. The van der Waals surface area contributed by atoms with Gasteiger partial charge < -0.3 is 9.64 Å². The predicted molar refractivity (Wildman–Crippen MR) is 73.9 cm³/mol. The first kappa shape index (κ1) is 12.7. The zero-order valence-corrected chi connectivity index (χ0v) is 11.5. The van der Waals surface area contributed by atoms with Crippen LogP contribution in [-0.4, -0.2) is 30.6 Å². The van der Waals surface area contributed by atoms with Gasteiger partial charge in [-0.2, -0.15) is 0 Å². The molecular formula is C16H21NO2. The lowest BCUT2D eigenvalue weighted by Crippen LogP contribution is -2.39. The SMILES string of the molecule is CN(C(=O)C1CCCO1)C1CCCc2ccccc21. The summed E-state index contributed by atoms with van der Waals surface area (Å²) in [5, 5.41) is 0. The first-order chi connectivity index (χ1) is 9.27. The largest absolute Gasteiger partial charge is 0.368 e. The summed E-state index contributed by atoms with van der Waals surface area (Å²) in [6.07, 6.45) is 5.02. The number of hydrogen-bond donors (Lipinski definition) is 0. The zero-order chi connectivity index (χ0) is 13.2. The molecule has 102 valence electrons. The van der Waals surface area contributed by atoms with Gasteiger partial charge in [0, 0.05) is 13.7 Å². The maximum atomic E-state index is 12.5. The molecule has 0 radical (unpaired) electrons. The summed E-state index contributed by atoms with van der Waals surface area (Å²) >= 11 is 0. The summed E-state index contributed by atoms with van der Waals surface area (Å²) in [5.74, 6) is 0.152. The summed E-state index contributed by atoms with van der Waals surface area (Å²) in [6, 6.07) is 8.73. The third-order valence-corrected chi connectivity index (χ3v) is 4.36. The van der Waals surface area contributed by atoms with Crippen LogP contribution in [0.25, 0.3) is 0 Å². The van der Waals surface area contributed by atoms with Gasteiger partial charge in [0.25, 0.3) is 5.91 Å². The highest BCUT2D eigenvalue weighted by molar-refractivity contribution is 5.81. The van der Waals surface area contributed by atoms with E-state index in [-0.39, 0.29) is 18.1 Å². The number of fused-ring (bicyclic) bond motifs is 1. The average Bonchev–Trinajstić information content (AvgIpc) is 2.99. The molecule has 3 nitrogen and oxygen atoms in total. The molecule has 3 rings (SSSR count). The highest BCUT2D eigenvalue weighted by Gasteiger charge is 2.32. The smallest absolute Gasteiger partial charge is 0.251 e. The Bertz CT molecular complexity index is 466. The van der Waals surface area contributed by atoms with E-state index in [1.807, 2.05) is 11.9 Å². The van der Waals surface area contributed by atoms with E-state index in [1.54, 1.807) is 0 Å². The van der Waals surface area contributed by atoms with Crippen molar-refractivity contribution < 1.29 is 9.53 Å². The van der Waals surface area contributed by atoms with Gasteiger partial charge in [-0.1, -0.05) is 24.3 Å². The molecule has 0 N–H and O–H groups in total. The molecule has 19 heavy (non-hydrogen) atoms. The van der Waals surface area contributed by atoms with E-state index in [4.69, 9.17) is 4.74 Å². The van der Waals surface area contributed by atoms with E-state index in [0.717, 1.165) is 38.7 Å². The number of hydrogen-bond acceptors (Lipinski definition) is 2. The molecule has 1 heterocycles. The lowest BCUT2D eigenvalue weighted by atomic mass is 9.87. The Kier molecular flexibility index (Phi) is 3.56. The molecule has 3 heteroatoms. The topological polar surface area (TPSA) is 29.5 Å². The Labute approximate surface area is 114 Å². The van der Waals surface area contributed by atoms with Crippen molar-refractivity contribution >= 4 is 5.91 Å². The van der Waals surface area contributed by atoms with Crippen molar-refractivity contribution in [2.75, 3.05) is 13.7 Å². The number of carbonyl (C=O) groups is 1. The lowest BCUT2D eigenvalue weighted by Gasteiger charge is -2.34. The zero-order valence-electron chi connectivity index (χ0n) is 11.5. The molecule has 1 aromatic carbocycles. The van der Waals surface area contributed by atoms with E-state index in [1.165, 1.54) is 11.1 Å². The number of ether oxygens (including phenoxy) is 1. The highest BCUT2D eigenvalue weighted by Crippen LogP contribution is 2.34. The van der Waals surface area contributed by atoms with Crippen LogP contribution in [0.5, 0.6) is 0 Å². The maximum Gasteiger partial charge on any atom is 0.251 e. The molecule has 0 aromatic heterocycles. The van der Waals surface area contributed by atoms with Crippen LogP contribution in [0, 0.1) is 0 Å². The van der Waals surface area contributed by atoms with Gasteiger partial charge in [-0.15, -0.1) is 0 Å². The van der Waals surface area contributed by atoms with Crippen LogP contribution in [0.2, 0.25) is 0 Å². The van der Waals surface area contributed by atoms with E-state index in [9.17, 15) is 4.79 Å². The van der Waals surface area contributed by atoms with Crippen molar-refractivity contribution in [2.24, 2.45) is 0 Å². The van der Waals surface area contributed by atoms with Crippen LogP contribution in [-0.2, 0) is 16.0 Å². The summed E-state index contributed by atoms with van der Waals surface area (Å²) in [7, 11) is 1.93. The fraction of sp³-hybridized carbons (Fsp3) is 0.562. The number of carbonyl (C=O) groups excluding carboxylic acids is 1. The van der Waals surface area contributed by atoms with Gasteiger partial charge in [0.2, 0.25) is 0 Å². The highest BCUT2D eigenvalue weighted by atomic mass is 16.5. The molecule has 0 saturated carbocycles. The predicted octanol–water partition coefficient (Wildman–Crippen LogP) is 2.70. The Morgan fingerprint density at radius 3 is 2.89 bits per heavy atom. The molecule has 0 bridgehead atoms. The second kappa shape index (κ2) is 5.33. The average molecular weight is 259 g/mol.